The Kier molecular flexibility index (Phi) is 5.25. The van der Waals surface area contributed by atoms with Gasteiger partial charge in [-0.15, -0.1) is 0 Å². The van der Waals surface area contributed by atoms with E-state index in [2.05, 4.69) is 21.2 Å². The van der Waals surface area contributed by atoms with Crippen LogP contribution in [0.2, 0.25) is 0 Å². The van der Waals surface area contributed by atoms with Crippen molar-refractivity contribution < 1.29 is 4.79 Å². The molecular weight excluding hydrogens is 318 g/mol. The number of hydrogen-bond donors (Lipinski definition) is 3. The molecule has 0 bridgehead atoms. The maximum absolute atomic E-state index is 12.3. The molecule has 1 aliphatic heterocycles. The second kappa shape index (κ2) is 7.58. The number of hydrazine groups is 1. The van der Waals surface area contributed by atoms with Crippen LogP contribution in [0.5, 0.6) is 0 Å². The third-order valence-corrected chi connectivity index (χ3v) is 4.40. The fraction of sp³-hybridized carbons (Fsp3) is 0.389. The minimum atomic E-state index is -0.292. The SMILES string of the molecule is Cc1cc(C)n(CCNC(=O)C2CC(c3ccccc3)NN2)c(=O)n1. The molecule has 7 heteroatoms. The van der Waals surface area contributed by atoms with Crippen LogP contribution in [0, 0.1) is 13.8 Å². The number of nitrogens with one attached hydrogen (secondary N) is 3. The van der Waals surface area contributed by atoms with Gasteiger partial charge in [-0.05, 0) is 31.9 Å². The summed E-state index contributed by atoms with van der Waals surface area (Å²) in [5.41, 5.74) is 8.62. The first-order valence-electron chi connectivity index (χ1n) is 8.43. The van der Waals surface area contributed by atoms with Gasteiger partial charge < -0.3 is 5.32 Å². The standard InChI is InChI=1S/C18H23N5O2/c1-12-10-13(2)23(18(25)20-12)9-8-19-17(24)16-11-15(21-22-16)14-6-4-3-5-7-14/h3-7,10,15-16,21-22H,8-9,11H2,1-2H3,(H,19,24). The molecule has 1 saturated heterocycles. The Hall–Kier alpha value is -2.51. The summed E-state index contributed by atoms with van der Waals surface area (Å²) in [6, 6.07) is 11.7. The van der Waals surface area contributed by atoms with Crippen LogP contribution in [0.4, 0.5) is 0 Å². The van der Waals surface area contributed by atoms with Gasteiger partial charge in [-0.3, -0.25) is 9.36 Å². The van der Waals surface area contributed by atoms with Crippen LogP contribution in [-0.4, -0.2) is 28.0 Å². The molecule has 25 heavy (non-hydrogen) atoms. The Bertz CT molecular complexity index is 803. The van der Waals surface area contributed by atoms with Crippen molar-refractivity contribution in [2.24, 2.45) is 0 Å². The molecule has 2 aromatic rings. The average molecular weight is 341 g/mol. The van der Waals surface area contributed by atoms with Gasteiger partial charge in [-0.2, -0.15) is 4.98 Å². The summed E-state index contributed by atoms with van der Waals surface area (Å²) in [5.74, 6) is -0.0725. The van der Waals surface area contributed by atoms with E-state index in [-0.39, 0.29) is 23.7 Å². The van der Waals surface area contributed by atoms with E-state index in [4.69, 9.17) is 0 Å². The second-order valence-electron chi connectivity index (χ2n) is 6.30. The quantitative estimate of drug-likeness (QED) is 0.741. The lowest BCUT2D eigenvalue weighted by atomic mass is 10.0. The first kappa shape index (κ1) is 17.3. The highest BCUT2D eigenvalue weighted by Gasteiger charge is 2.29. The number of benzene rings is 1. The van der Waals surface area contributed by atoms with Crippen molar-refractivity contribution in [2.45, 2.75) is 38.9 Å². The van der Waals surface area contributed by atoms with E-state index in [1.54, 1.807) is 11.5 Å². The van der Waals surface area contributed by atoms with Gasteiger partial charge in [-0.1, -0.05) is 30.3 Å². The zero-order valence-corrected chi connectivity index (χ0v) is 14.5. The Morgan fingerprint density at radius 3 is 2.76 bits per heavy atom. The lowest BCUT2D eigenvalue weighted by Gasteiger charge is -2.13. The zero-order valence-electron chi connectivity index (χ0n) is 14.5. The Balaban J connectivity index is 1.52. The minimum Gasteiger partial charge on any atom is -0.353 e. The molecule has 3 N–H and O–H groups in total. The first-order valence-corrected chi connectivity index (χ1v) is 8.43. The van der Waals surface area contributed by atoms with Crippen molar-refractivity contribution in [3.8, 4) is 0 Å². The van der Waals surface area contributed by atoms with E-state index >= 15 is 0 Å². The van der Waals surface area contributed by atoms with Crippen molar-refractivity contribution in [3.63, 3.8) is 0 Å². The topological polar surface area (TPSA) is 88.0 Å². The van der Waals surface area contributed by atoms with E-state index in [9.17, 15) is 9.59 Å². The highest BCUT2D eigenvalue weighted by atomic mass is 16.2. The molecule has 1 fully saturated rings. The van der Waals surface area contributed by atoms with Crippen LogP contribution >= 0.6 is 0 Å². The van der Waals surface area contributed by atoms with Crippen molar-refractivity contribution in [3.05, 3.63) is 63.8 Å². The molecule has 1 aliphatic rings. The van der Waals surface area contributed by atoms with E-state index in [0.29, 0.717) is 25.2 Å². The number of aryl methyl sites for hydroxylation is 2. The van der Waals surface area contributed by atoms with Crippen LogP contribution < -0.4 is 21.9 Å². The van der Waals surface area contributed by atoms with E-state index in [1.165, 1.54) is 0 Å². The van der Waals surface area contributed by atoms with Crippen molar-refractivity contribution in [1.82, 2.24) is 25.7 Å². The van der Waals surface area contributed by atoms with Gasteiger partial charge in [0.1, 0.15) is 6.04 Å². The van der Waals surface area contributed by atoms with Gasteiger partial charge in [0, 0.05) is 30.5 Å². The van der Waals surface area contributed by atoms with Crippen molar-refractivity contribution >= 4 is 5.91 Å². The summed E-state index contributed by atoms with van der Waals surface area (Å²) in [6.07, 6.45) is 0.681. The molecule has 132 valence electrons. The lowest BCUT2D eigenvalue weighted by Crippen LogP contribution is -2.44. The van der Waals surface area contributed by atoms with E-state index in [0.717, 1.165) is 11.3 Å². The van der Waals surface area contributed by atoms with Gasteiger partial charge >= 0.3 is 5.69 Å². The average Bonchev–Trinajstić information content (AvgIpc) is 3.08. The normalized spacial score (nSPS) is 19.8. The molecule has 3 rings (SSSR count). The van der Waals surface area contributed by atoms with Crippen LogP contribution in [-0.2, 0) is 11.3 Å². The molecule has 2 heterocycles. The Morgan fingerprint density at radius 1 is 1.28 bits per heavy atom. The number of amides is 1. The van der Waals surface area contributed by atoms with Crippen LogP contribution in [0.3, 0.4) is 0 Å². The fourth-order valence-electron chi connectivity index (χ4n) is 3.09. The van der Waals surface area contributed by atoms with Gasteiger partial charge in [0.25, 0.3) is 0 Å². The molecule has 2 unspecified atom stereocenters. The third-order valence-electron chi connectivity index (χ3n) is 4.40. The molecule has 0 aliphatic carbocycles. The maximum atomic E-state index is 12.3. The Morgan fingerprint density at radius 2 is 2.04 bits per heavy atom. The highest BCUT2D eigenvalue weighted by Crippen LogP contribution is 2.21. The predicted molar refractivity (Wildman–Crippen MR) is 94.8 cm³/mol. The highest BCUT2D eigenvalue weighted by molar-refractivity contribution is 5.82. The van der Waals surface area contributed by atoms with Crippen molar-refractivity contribution in [2.75, 3.05) is 6.54 Å². The maximum Gasteiger partial charge on any atom is 0.348 e. The number of carbonyl (C=O) groups excluding carboxylic acids is 1. The van der Waals surface area contributed by atoms with Crippen LogP contribution in [0.1, 0.15) is 29.4 Å². The largest absolute Gasteiger partial charge is 0.353 e. The summed E-state index contributed by atoms with van der Waals surface area (Å²) in [5, 5.41) is 2.89. The smallest absolute Gasteiger partial charge is 0.348 e. The molecule has 7 nitrogen and oxygen atoms in total. The molecular formula is C18H23N5O2. The zero-order chi connectivity index (χ0) is 17.8. The summed E-state index contributed by atoms with van der Waals surface area (Å²) in [7, 11) is 0. The number of nitrogens with zero attached hydrogens (tertiary/aromatic N) is 2. The summed E-state index contributed by atoms with van der Waals surface area (Å²) < 4.78 is 1.57. The van der Waals surface area contributed by atoms with Gasteiger partial charge in [-0.25, -0.2) is 15.6 Å². The number of carbonyl (C=O) groups is 1. The summed E-state index contributed by atoms with van der Waals surface area (Å²) in [4.78, 5) is 28.2. The summed E-state index contributed by atoms with van der Waals surface area (Å²) in [6.45, 7) is 4.46. The molecule has 0 radical (unpaired) electrons. The third kappa shape index (κ3) is 4.12. The molecule has 1 aromatic carbocycles. The van der Waals surface area contributed by atoms with E-state index in [1.807, 2.05) is 43.3 Å². The minimum absolute atomic E-state index is 0.0725. The van der Waals surface area contributed by atoms with Gasteiger partial charge in [0.05, 0.1) is 0 Å². The monoisotopic (exact) mass is 341 g/mol. The predicted octanol–water partition coefficient (Wildman–Crippen LogP) is 0.584. The molecule has 0 spiro atoms. The molecule has 1 aromatic heterocycles. The number of rotatable bonds is 5. The molecule has 2 atom stereocenters. The summed E-state index contributed by atoms with van der Waals surface area (Å²) >= 11 is 0. The lowest BCUT2D eigenvalue weighted by molar-refractivity contribution is -0.122. The van der Waals surface area contributed by atoms with Crippen LogP contribution in [0.15, 0.2) is 41.2 Å². The number of aromatic nitrogens is 2. The molecule has 1 amide bonds. The van der Waals surface area contributed by atoms with Gasteiger partial charge in [0.15, 0.2) is 0 Å². The Labute approximate surface area is 146 Å². The molecule has 0 saturated carbocycles. The number of hydrogen-bond acceptors (Lipinski definition) is 5. The first-order chi connectivity index (χ1) is 12.0. The van der Waals surface area contributed by atoms with E-state index < -0.39 is 0 Å². The second-order valence-corrected chi connectivity index (χ2v) is 6.30. The van der Waals surface area contributed by atoms with Crippen molar-refractivity contribution in [1.29, 1.82) is 0 Å². The fourth-order valence-corrected chi connectivity index (χ4v) is 3.09. The van der Waals surface area contributed by atoms with Gasteiger partial charge in [0.2, 0.25) is 5.91 Å². The van der Waals surface area contributed by atoms with Crippen LogP contribution in [0.25, 0.3) is 0 Å².